The second-order valence-electron chi connectivity index (χ2n) is 7.13. The minimum atomic E-state index is -0.142. The molecule has 0 aliphatic carbocycles. The number of aromatic nitrogens is 3. The van der Waals surface area contributed by atoms with Crippen LogP contribution in [0.5, 0.6) is 5.75 Å². The van der Waals surface area contributed by atoms with Gasteiger partial charge in [0.1, 0.15) is 11.8 Å². The molecule has 0 bridgehead atoms. The van der Waals surface area contributed by atoms with E-state index in [1.54, 1.807) is 29.1 Å². The molecule has 1 aliphatic heterocycles. The molecule has 8 nitrogen and oxygen atoms in total. The molecule has 1 fully saturated rings. The van der Waals surface area contributed by atoms with Crippen molar-refractivity contribution in [1.82, 2.24) is 14.8 Å². The van der Waals surface area contributed by atoms with Crippen molar-refractivity contribution in [2.24, 2.45) is 5.92 Å². The predicted octanol–water partition coefficient (Wildman–Crippen LogP) is 2.40. The molecule has 30 heavy (non-hydrogen) atoms. The van der Waals surface area contributed by atoms with Crippen LogP contribution < -0.4 is 10.1 Å². The Hall–Kier alpha value is -3.70. The molecule has 1 N–H and O–H groups in total. The van der Waals surface area contributed by atoms with Crippen molar-refractivity contribution in [3.8, 4) is 11.8 Å². The van der Waals surface area contributed by atoms with E-state index in [9.17, 15) is 4.79 Å². The highest BCUT2D eigenvalue weighted by atomic mass is 16.5. The number of anilines is 1. The number of ether oxygens (including phenoxy) is 2. The van der Waals surface area contributed by atoms with Crippen molar-refractivity contribution in [2.75, 3.05) is 25.1 Å². The molecule has 0 radical (unpaired) electrons. The van der Waals surface area contributed by atoms with Gasteiger partial charge in [0.2, 0.25) is 5.91 Å². The second-order valence-corrected chi connectivity index (χ2v) is 7.13. The average Bonchev–Trinajstić information content (AvgIpc) is 3.15. The van der Waals surface area contributed by atoms with Gasteiger partial charge in [-0.2, -0.15) is 10.4 Å². The van der Waals surface area contributed by atoms with Crippen LogP contribution in [0.25, 0.3) is 0 Å². The van der Waals surface area contributed by atoms with Crippen molar-refractivity contribution in [2.45, 2.75) is 13.0 Å². The summed E-state index contributed by atoms with van der Waals surface area (Å²) in [6.07, 6.45) is 3.55. The molecule has 0 atom stereocenters. The van der Waals surface area contributed by atoms with E-state index in [1.165, 1.54) is 6.20 Å². The highest BCUT2D eigenvalue weighted by Gasteiger charge is 2.18. The summed E-state index contributed by atoms with van der Waals surface area (Å²) in [5.41, 5.74) is 2.19. The molecule has 152 valence electrons. The Labute approximate surface area is 174 Å². The number of carbonyl (C=O) groups excluding carboxylic acids is 1. The third-order valence-corrected chi connectivity index (χ3v) is 4.67. The van der Waals surface area contributed by atoms with Crippen LogP contribution in [0.3, 0.4) is 0 Å². The first-order valence-corrected chi connectivity index (χ1v) is 9.66. The SMILES string of the molecule is N#Cc1ccc(Cn2ccc(NC(=O)Cc3ccc(OCC4COC4)cc3)n2)nc1. The van der Waals surface area contributed by atoms with Gasteiger partial charge in [-0.25, -0.2) is 0 Å². The van der Waals surface area contributed by atoms with Gasteiger partial charge >= 0.3 is 0 Å². The van der Waals surface area contributed by atoms with Crippen LogP contribution in [-0.4, -0.2) is 40.5 Å². The number of pyridine rings is 1. The summed E-state index contributed by atoms with van der Waals surface area (Å²) >= 11 is 0. The molecule has 3 heterocycles. The molecule has 4 rings (SSSR count). The van der Waals surface area contributed by atoms with Gasteiger partial charge in [-0.1, -0.05) is 12.1 Å². The average molecular weight is 403 g/mol. The third-order valence-electron chi connectivity index (χ3n) is 4.67. The Bertz CT molecular complexity index is 1030. The van der Waals surface area contributed by atoms with E-state index in [1.807, 2.05) is 30.3 Å². The molecule has 0 saturated carbocycles. The minimum Gasteiger partial charge on any atom is -0.493 e. The molecule has 8 heteroatoms. The van der Waals surface area contributed by atoms with Gasteiger partial charge < -0.3 is 14.8 Å². The van der Waals surface area contributed by atoms with Gasteiger partial charge in [-0.15, -0.1) is 0 Å². The largest absolute Gasteiger partial charge is 0.493 e. The van der Waals surface area contributed by atoms with Crippen molar-refractivity contribution in [3.05, 3.63) is 71.7 Å². The fourth-order valence-corrected chi connectivity index (χ4v) is 2.94. The van der Waals surface area contributed by atoms with E-state index in [2.05, 4.69) is 15.4 Å². The van der Waals surface area contributed by atoms with Crippen molar-refractivity contribution in [1.29, 1.82) is 5.26 Å². The van der Waals surface area contributed by atoms with Gasteiger partial charge in [-0.3, -0.25) is 14.5 Å². The fourth-order valence-electron chi connectivity index (χ4n) is 2.94. The van der Waals surface area contributed by atoms with Crippen LogP contribution in [-0.2, 0) is 22.5 Å². The summed E-state index contributed by atoms with van der Waals surface area (Å²) < 4.78 is 12.5. The first kappa shape index (κ1) is 19.6. The molecule has 0 spiro atoms. The Morgan fingerprint density at radius 2 is 2.07 bits per heavy atom. The lowest BCUT2D eigenvalue weighted by molar-refractivity contribution is -0.115. The van der Waals surface area contributed by atoms with E-state index in [-0.39, 0.29) is 12.3 Å². The molecule has 1 aliphatic rings. The zero-order valence-corrected chi connectivity index (χ0v) is 16.3. The van der Waals surface area contributed by atoms with E-state index in [4.69, 9.17) is 14.7 Å². The Balaban J connectivity index is 1.26. The summed E-state index contributed by atoms with van der Waals surface area (Å²) in [4.78, 5) is 16.5. The van der Waals surface area contributed by atoms with Crippen LogP contribution in [0.2, 0.25) is 0 Å². The van der Waals surface area contributed by atoms with Crippen LogP contribution >= 0.6 is 0 Å². The molecular weight excluding hydrogens is 382 g/mol. The van der Waals surface area contributed by atoms with Crippen molar-refractivity contribution in [3.63, 3.8) is 0 Å². The van der Waals surface area contributed by atoms with Crippen LogP contribution in [0.1, 0.15) is 16.8 Å². The molecule has 1 amide bonds. The monoisotopic (exact) mass is 403 g/mol. The lowest BCUT2D eigenvalue weighted by atomic mass is 10.1. The maximum absolute atomic E-state index is 12.3. The number of nitriles is 1. The number of nitrogens with zero attached hydrogens (tertiary/aromatic N) is 4. The first-order valence-electron chi connectivity index (χ1n) is 9.66. The van der Waals surface area contributed by atoms with E-state index >= 15 is 0 Å². The molecule has 3 aromatic rings. The number of nitrogens with one attached hydrogen (secondary N) is 1. The molecular formula is C22H21N5O3. The van der Waals surface area contributed by atoms with Gasteiger partial charge in [0.15, 0.2) is 5.82 Å². The molecule has 1 saturated heterocycles. The highest BCUT2D eigenvalue weighted by molar-refractivity contribution is 5.91. The zero-order valence-electron chi connectivity index (χ0n) is 16.3. The fraction of sp³-hybridized carbons (Fsp3) is 0.273. The van der Waals surface area contributed by atoms with E-state index in [0.717, 1.165) is 30.2 Å². The van der Waals surface area contributed by atoms with E-state index < -0.39 is 0 Å². The van der Waals surface area contributed by atoms with Gasteiger partial charge in [0.05, 0.1) is 44.0 Å². The predicted molar refractivity (Wildman–Crippen MR) is 109 cm³/mol. The number of carbonyl (C=O) groups is 1. The summed E-state index contributed by atoms with van der Waals surface area (Å²) in [5.74, 6) is 1.61. The number of amides is 1. The number of benzene rings is 1. The normalized spacial score (nSPS) is 13.3. The van der Waals surface area contributed by atoms with Crippen LogP contribution in [0, 0.1) is 17.2 Å². The summed E-state index contributed by atoms with van der Waals surface area (Å²) in [6, 6.07) is 14.8. The number of hydrogen-bond acceptors (Lipinski definition) is 6. The quantitative estimate of drug-likeness (QED) is 0.620. The summed E-state index contributed by atoms with van der Waals surface area (Å²) in [6.45, 7) is 2.63. The van der Waals surface area contributed by atoms with Gasteiger partial charge in [0.25, 0.3) is 0 Å². The molecule has 0 unspecified atom stereocenters. The van der Waals surface area contributed by atoms with Crippen LogP contribution in [0.15, 0.2) is 54.9 Å². The first-order chi connectivity index (χ1) is 14.7. The van der Waals surface area contributed by atoms with Gasteiger partial charge in [0, 0.05) is 24.4 Å². The Morgan fingerprint density at radius 1 is 1.23 bits per heavy atom. The third kappa shape index (κ3) is 5.21. The Morgan fingerprint density at radius 3 is 2.73 bits per heavy atom. The number of rotatable bonds is 8. The zero-order chi connectivity index (χ0) is 20.8. The maximum atomic E-state index is 12.3. The summed E-state index contributed by atoms with van der Waals surface area (Å²) in [5, 5.41) is 16.0. The van der Waals surface area contributed by atoms with Gasteiger partial charge in [-0.05, 0) is 29.8 Å². The standard InChI is InChI=1S/C22H21N5O3/c23-10-17-1-4-19(24-11-17)12-27-8-7-21(26-27)25-22(28)9-16-2-5-20(6-3-16)30-15-18-13-29-14-18/h1-8,11,18H,9,12-15H2,(H,25,26,28). The Kier molecular flexibility index (Phi) is 6.01. The van der Waals surface area contributed by atoms with Crippen molar-refractivity contribution < 1.29 is 14.3 Å². The minimum absolute atomic E-state index is 0.142. The smallest absolute Gasteiger partial charge is 0.229 e. The lowest BCUT2D eigenvalue weighted by Crippen LogP contribution is -2.32. The van der Waals surface area contributed by atoms with Crippen molar-refractivity contribution >= 4 is 11.7 Å². The molecule has 2 aromatic heterocycles. The maximum Gasteiger partial charge on any atom is 0.229 e. The second kappa shape index (κ2) is 9.20. The highest BCUT2D eigenvalue weighted by Crippen LogP contribution is 2.17. The molecule has 1 aromatic carbocycles. The van der Waals surface area contributed by atoms with E-state index in [0.29, 0.717) is 30.5 Å². The lowest BCUT2D eigenvalue weighted by Gasteiger charge is -2.25. The summed E-state index contributed by atoms with van der Waals surface area (Å²) in [7, 11) is 0. The number of hydrogen-bond donors (Lipinski definition) is 1. The topological polar surface area (TPSA) is 102 Å². The van der Waals surface area contributed by atoms with Crippen LogP contribution in [0.4, 0.5) is 5.82 Å².